The third kappa shape index (κ3) is 4.10. The molecule has 2 aliphatic heterocycles. The number of ether oxygens (including phenoxy) is 1. The van der Waals surface area contributed by atoms with Crippen molar-refractivity contribution in [3.8, 4) is 0 Å². The van der Waals surface area contributed by atoms with Gasteiger partial charge in [-0.3, -0.25) is 4.79 Å². The zero-order valence-electron chi connectivity index (χ0n) is 16.1. The molecular formula is C22H24FN3O3. The molecule has 1 N–H and O–H groups in total. The fraction of sp³-hybridized carbons (Fsp3) is 0.364. The number of hydrogen-bond donors (Lipinski definition) is 1. The molecule has 2 aliphatic rings. The number of para-hydroxylation sites is 1. The molecule has 6 nitrogen and oxygen atoms in total. The van der Waals surface area contributed by atoms with Gasteiger partial charge in [0.15, 0.2) is 0 Å². The predicted molar refractivity (Wildman–Crippen MR) is 107 cm³/mol. The zero-order valence-corrected chi connectivity index (χ0v) is 16.1. The molecule has 0 radical (unpaired) electrons. The summed E-state index contributed by atoms with van der Waals surface area (Å²) in [5, 5.41) is 2.63. The number of anilines is 1. The summed E-state index contributed by atoms with van der Waals surface area (Å²) < 4.78 is 19.6. The standard InChI is InChI=1S/C22H24FN3O3/c23-18-8-4-5-9-19(18)24-21(28)25-12-10-20(27)26(14-17-6-2-1-3-7-17)22(15-25)11-13-29-16-22/h1-9H,10-16H2,(H,24,28). The van der Waals surface area contributed by atoms with Crippen molar-refractivity contribution in [2.24, 2.45) is 0 Å². The minimum absolute atomic E-state index is 0.000504. The van der Waals surface area contributed by atoms with Crippen molar-refractivity contribution >= 4 is 17.6 Å². The van der Waals surface area contributed by atoms with Gasteiger partial charge in [0.25, 0.3) is 0 Å². The van der Waals surface area contributed by atoms with E-state index in [1.807, 2.05) is 35.2 Å². The normalized spacial score (nSPS) is 22.0. The number of benzene rings is 2. The van der Waals surface area contributed by atoms with Crippen molar-refractivity contribution in [2.75, 3.05) is 31.6 Å². The number of nitrogens with one attached hydrogen (secondary N) is 1. The molecule has 2 aromatic rings. The lowest BCUT2D eigenvalue weighted by Gasteiger charge is -2.40. The molecule has 2 aromatic carbocycles. The molecule has 0 bridgehead atoms. The van der Waals surface area contributed by atoms with Crippen LogP contribution in [0.4, 0.5) is 14.9 Å². The van der Waals surface area contributed by atoms with Crippen molar-refractivity contribution in [3.05, 3.63) is 66.0 Å². The zero-order chi connectivity index (χ0) is 20.3. The Hall–Kier alpha value is -2.93. The average Bonchev–Trinajstić information content (AvgIpc) is 3.15. The molecule has 1 spiro atoms. The maximum atomic E-state index is 13.9. The first-order chi connectivity index (χ1) is 14.1. The Bertz CT molecular complexity index is 884. The molecule has 3 amide bonds. The molecule has 152 valence electrons. The SMILES string of the molecule is O=C(Nc1ccccc1F)N1CCC(=O)N(Cc2ccccc2)C2(CCOC2)C1. The molecular weight excluding hydrogens is 373 g/mol. The van der Waals surface area contributed by atoms with E-state index in [4.69, 9.17) is 4.74 Å². The molecule has 2 saturated heterocycles. The first kappa shape index (κ1) is 19.4. The Morgan fingerprint density at radius 2 is 1.90 bits per heavy atom. The summed E-state index contributed by atoms with van der Waals surface area (Å²) in [6, 6.07) is 15.5. The quantitative estimate of drug-likeness (QED) is 0.865. The van der Waals surface area contributed by atoms with E-state index in [2.05, 4.69) is 5.32 Å². The molecule has 7 heteroatoms. The van der Waals surface area contributed by atoms with Crippen LogP contribution < -0.4 is 5.32 Å². The molecule has 2 heterocycles. The first-order valence-corrected chi connectivity index (χ1v) is 9.80. The van der Waals surface area contributed by atoms with Crippen LogP contribution in [-0.4, -0.2) is 53.6 Å². The van der Waals surface area contributed by atoms with Gasteiger partial charge in [-0.2, -0.15) is 0 Å². The van der Waals surface area contributed by atoms with Gasteiger partial charge >= 0.3 is 6.03 Å². The van der Waals surface area contributed by atoms with Crippen molar-refractivity contribution in [1.82, 2.24) is 9.80 Å². The monoisotopic (exact) mass is 397 g/mol. The molecule has 0 aliphatic carbocycles. The van der Waals surface area contributed by atoms with E-state index in [0.717, 1.165) is 5.56 Å². The van der Waals surface area contributed by atoms with Gasteiger partial charge in [-0.1, -0.05) is 42.5 Å². The van der Waals surface area contributed by atoms with Crippen molar-refractivity contribution in [2.45, 2.75) is 24.9 Å². The van der Waals surface area contributed by atoms with Crippen LogP contribution >= 0.6 is 0 Å². The highest BCUT2D eigenvalue weighted by molar-refractivity contribution is 5.90. The Morgan fingerprint density at radius 3 is 2.62 bits per heavy atom. The summed E-state index contributed by atoms with van der Waals surface area (Å²) in [6.45, 7) is 2.04. The van der Waals surface area contributed by atoms with Gasteiger partial charge in [0, 0.05) is 32.7 Å². The lowest BCUT2D eigenvalue weighted by atomic mass is 9.94. The summed E-state index contributed by atoms with van der Waals surface area (Å²) in [5.41, 5.74) is 0.595. The van der Waals surface area contributed by atoms with Crippen molar-refractivity contribution < 1.29 is 18.7 Å². The summed E-state index contributed by atoms with van der Waals surface area (Å²) in [7, 11) is 0. The van der Waals surface area contributed by atoms with E-state index in [0.29, 0.717) is 32.7 Å². The molecule has 1 atom stereocenters. The van der Waals surface area contributed by atoms with Crippen LogP contribution in [0.3, 0.4) is 0 Å². The topological polar surface area (TPSA) is 61.9 Å². The summed E-state index contributed by atoms with van der Waals surface area (Å²) >= 11 is 0. The van der Waals surface area contributed by atoms with Crippen LogP contribution in [0.1, 0.15) is 18.4 Å². The van der Waals surface area contributed by atoms with Crippen molar-refractivity contribution in [1.29, 1.82) is 0 Å². The molecule has 0 saturated carbocycles. The highest BCUT2D eigenvalue weighted by Gasteiger charge is 2.47. The summed E-state index contributed by atoms with van der Waals surface area (Å²) in [6.07, 6.45) is 0.883. The van der Waals surface area contributed by atoms with E-state index in [9.17, 15) is 14.0 Å². The van der Waals surface area contributed by atoms with Crippen LogP contribution in [0.25, 0.3) is 0 Å². The Balaban J connectivity index is 1.56. The van der Waals surface area contributed by atoms with Crippen LogP contribution in [0.5, 0.6) is 0 Å². The van der Waals surface area contributed by atoms with Crippen LogP contribution in [0.15, 0.2) is 54.6 Å². The van der Waals surface area contributed by atoms with Gasteiger partial charge in [0.1, 0.15) is 5.82 Å². The number of urea groups is 1. The van der Waals surface area contributed by atoms with Crippen LogP contribution in [0, 0.1) is 5.82 Å². The average molecular weight is 397 g/mol. The van der Waals surface area contributed by atoms with Gasteiger partial charge in [-0.15, -0.1) is 0 Å². The second kappa shape index (κ2) is 8.21. The van der Waals surface area contributed by atoms with Crippen molar-refractivity contribution in [3.63, 3.8) is 0 Å². The molecule has 2 fully saturated rings. The number of hydrogen-bond acceptors (Lipinski definition) is 3. The fourth-order valence-corrected chi connectivity index (χ4v) is 4.04. The molecule has 1 unspecified atom stereocenters. The molecule has 29 heavy (non-hydrogen) atoms. The number of amides is 3. The maximum absolute atomic E-state index is 13.9. The number of carbonyl (C=O) groups excluding carboxylic acids is 2. The number of nitrogens with zero attached hydrogens (tertiary/aromatic N) is 2. The Kier molecular flexibility index (Phi) is 5.49. The van der Waals surface area contributed by atoms with E-state index in [1.54, 1.807) is 17.0 Å². The molecule has 4 rings (SSSR count). The van der Waals surface area contributed by atoms with Crippen LogP contribution in [0.2, 0.25) is 0 Å². The lowest BCUT2D eigenvalue weighted by molar-refractivity contribution is -0.137. The van der Waals surface area contributed by atoms with Gasteiger partial charge in [-0.25, -0.2) is 9.18 Å². The van der Waals surface area contributed by atoms with E-state index >= 15 is 0 Å². The smallest absolute Gasteiger partial charge is 0.322 e. The van der Waals surface area contributed by atoms with Crippen LogP contribution in [-0.2, 0) is 16.1 Å². The largest absolute Gasteiger partial charge is 0.379 e. The van der Waals surface area contributed by atoms with E-state index in [-0.39, 0.29) is 24.6 Å². The van der Waals surface area contributed by atoms with E-state index < -0.39 is 17.4 Å². The Labute approximate surface area is 169 Å². The fourth-order valence-electron chi connectivity index (χ4n) is 4.04. The lowest BCUT2D eigenvalue weighted by Crippen LogP contribution is -2.56. The number of halogens is 1. The van der Waals surface area contributed by atoms with Gasteiger partial charge < -0.3 is 19.9 Å². The Morgan fingerprint density at radius 1 is 1.14 bits per heavy atom. The minimum Gasteiger partial charge on any atom is -0.379 e. The summed E-state index contributed by atoms with van der Waals surface area (Å²) in [4.78, 5) is 29.3. The van der Waals surface area contributed by atoms with Gasteiger partial charge in [0.05, 0.1) is 17.8 Å². The van der Waals surface area contributed by atoms with E-state index in [1.165, 1.54) is 12.1 Å². The number of carbonyl (C=O) groups is 2. The highest BCUT2D eigenvalue weighted by Crippen LogP contribution is 2.32. The third-order valence-corrected chi connectivity index (χ3v) is 5.62. The predicted octanol–water partition coefficient (Wildman–Crippen LogP) is 3.25. The summed E-state index contributed by atoms with van der Waals surface area (Å²) in [5.74, 6) is -0.489. The minimum atomic E-state index is -0.573. The molecule has 0 aromatic heterocycles. The maximum Gasteiger partial charge on any atom is 0.322 e. The highest BCUT2D eigenvalue weighted by atomic mass is 19.1. The van der Waals surface area contributed by atoms with Gasteiger partial charge in [-0.05, 0) is 24.1 Å². The number of rotatable bonds is 3. The van der Waals surface area contributed by atoms with Gasteiger partial charge in [0.2, 0.25) is 5.91 Å². The third-order valence-electron chi connectivity index (χ3n) is 5.62. The second-order valence-electron chi connectivity index (χ2n) is 7.57. The first-order valence-electron chi connectivity index (χ1n) is 9.80. The second-order valence-corrected chi connectivity index (χ2v) is 7.57.